The van der Waals surface area contributed by atoms with Crippen LogP contribution in [0.4, 0.5) is 11.5 Å². The van der Waals surface area contributed by atoms with E-state index in [0.717, 1.165) is 68.6 Å². The van der Waals surface area contributed by atoms with Crippen molar-refractivity contribution in [2.75, 3.05) is 62.3 Å². The van der Waals surface area contributed by atoms with Gasteiger partial charge in [0.2, 0.25) is 5.91 Å². The molecule has 0 bridgehead atoms. The predicted octanol–water partition coefficient (Wildman–Crippen LogP) is 3.66. The second kappa shape index (κ2) is 11.2. The molecular weight excluding hydrogens is 418 g/mol. The summed E-state index contributed by atoms with van der Waals surface area (Å²) < 4.78 is 0. The van der Waals surface area contributed by atoms with Crippen LogP contribution in [0.15, 0.2) is 53.6 Å². The summed E-state index contributed by atoms with van der Waals surface area (Å²) in [7, 11) is 0. The van der Waals surface area contributed by atoms with Gasteiger partial charge >= 0.3 is 0 Å². The third-order valence-electron chi connectivity index (χ3n) is 6.68. The number of nitrogens with one attached hydrogen (secondary N) is 1. The van der Waals surface area contributed by atoms with E-state index in [1.165, 1.54) is 6.42 Å². The molecule has 2 atom stereocenters. The van der Waals surface area contributed by atoms with Crippen molar-refractivity contribution in [1.82, 2.24) is 14.8 Å². The molecule has 6 nitrogen and oxygen atoms in total. The molecule has 1 amide bonds. The van der Waals surface area contributed by atoms with Crippen LogP contribution in [0.3, 0.4) is 0 Å². The maximum Gasteiger partial charge on any atom is 0.241 e. The number of amides is 1. The Labute approximate surface area is 196 Å². The van der Waals surface area contributed by atoms with Crippen molar-refractivity contribution < 1.29 is 4.79 Å². The van der Waals surface area contributed by atoms with Crippen molar-refractivity contribution in [2.24, 2.45) is 5.92 Å². The zero-order valence-corrected chi connectivity index (χ0v) is 20.1. The Morgan fingerprint density at radius 3 is 2.75 bits per heavy atom. The van der Waals surface area contributed by atoms with Gasteiger partial charge in [-0.1, -0.05) is 12.1 Å². The average Bonchev–Trinajstić information content (AvgIpc) is 2.85. The number of piperidine rings is 1. The quantitative estimate of drug-likeness (QED) is 0.646. The van der Waals surface area contributed by atoms with Crippen molar-refractivity contribution in [3.05, 3.63) is 48.7 Å². The van der Waals surface area contributed by atoms with Crippen molar-refractivity contribution in [3.63, 3.8) is 0 Å². The van der Waals surface area contributed by atoms with Gasteiger partial charge in [-0.25, -0.2) is 4.98 Å². The fourth-order valence-electron chi connectivity index (χ4n) is 4.78. The topological polar surface area (TPSA) is 51.7 Å². The zero-order valence-electron chi connectivity index (χ0n) is 19.2. The first-order valence-corrected chi connectivity index (χ1v) is 12.9. The highest BCUT2D eigenvalue weighted by Crippen LogP contribution is 2.23. The number of rotatable bonds is 7. The minimum absolute atomic E-state index is 0.0906. The summed E-state index contributed by atoms with van der Waals surface area (Å²) in [5.41, 5.74) is 0.882. The molecule has 1 N–H and O–H groups in total. The molecule has 2 aliphatic heterocycles. The lowest BCUT2D eigenvalue weighted by molar-refractivity contribution is -0.121. The number of likely N-dealkylation sites (tertiary alicyclic amines) is 1. The molecule has 2 aliphatic rings. The summed E-state index contributed by atoms with van der Waals surface area (Å²) in [4.78, 5) is 25.9. The third-order valence-corrected chi connectivity index (χ3v) is 7.40. The van der Waals surface area contributed by atoms with Gasteiger partial charge in [-0.3, -0.25) is 14.6 Å². The Kier molecular flexibility index (Phi) is 8.05. The van der Waals surface area contributed by atoms with Crippen LogP contribution in [0.25, 0.3) is 0 Å². The van der Waals surface area contributed by atoms with Gasteiger partial charge in [0, 0.05) is 56.0 Å². The Balaban J connectivity index is 1.25. The fraction of sp³-hybridized carbons (Fsp3) is 0.520. The number of carbonyl (C=O) groups is 1. The number of aromatic nitrogens is 1. The van der Waals surface area contributed by atoms with Crippen molar-refractivity contribution in [3.8, 4) is 0 Å². The highest BCUT2D eigenvalue weighted by Gasteiger charge is 2.29. The van der Waals surface area contributed by atoms with Gasteiger partial charge in [0.25, 0.3) is 0 Å². The van der Waals surface area contributed by atoms with Crippen LogP contribution in [0.1, 0.15) is 19.8 Å². The Morgan fingerprint density at radius 1 is 1.16 bits per heavy atom. The molecule has 1 aromatic carbocycles. The van der Waals surface area contributed by atoms with Crippen LogP contribution < -0.4 is 10.2 Å². The fourth-order valence-corrected chi connectivity index (χ4v) is 5.24. The molecule has 0 radical (unpaired) electrons. The van der Waals surface area contributed by atoms with Gasteiger partial charge in [0.05, 0.1) is 6.04 Å². The summed E-state index contributed by atoms with van der Waals surface area (Å²) in [6.45, 7) is 9.38. The number of hydrogen-bond donors (Lipinski definition) is 1. The third kappa shape index (κ3) is 6.03. The minimum atomic E-state index is -0.114. The van der Waals surface area contributed by atoms with Crippen LogP contribution >= 0.6 is 11.8 Å². The van der Waals surface area contributed by atoms with Gasteiger partial charge in [-0.15, -0.1) is 11.8 Å². The number of benzene rings is 1. The lowest BCUT2D eigenvalue weighted by Crippen LogP contribution is -2.52. The highest BCUT2D eigenvalue weighted by molar-refractivity contribution is 7.98. The molecule has 2 unspecified atom stereocenters. The van der Waals surface area contributed by atoms with E-state index in [1.54, 1.807) is 11.8 Å². The molecular formula is C25H35N5OS. The van der Waals surface area contributed by atoms with Gasteiger partial charge in [-0.05, 0) is 68.8 Å². The molecule has 7 heteroatoms. The van der Waals surface area contributed by atoms with Crippen LogP contribution in [0.2, 0.25) is 0 Å². The van der Waals surface area contributed by atoms with Crippen LogP contribution in [0, 0.1) is 5.92 Å². The molecule has 1 aromatic heterocycles. The molecule has 0 aliphatic carbocycles. The lowest BCUT2D eigenvalue weighted by Gasteiger charge is -2.40. The molecule has 172 valence electrons. The number of hydrogen-bond acceptors (Lipinski definition) is 6. The minimum Gasteiger partial charge on any atom is -0.354 e. The van der Waals surface area contributed by atoms with Crippen molar-refractivity contribution in [2.45, 2.75) is 30.7 Å². The summed E-state index contributed by atoms with van der Waals surface area (Å²) in [6.07, 6.45) is 6.34. The molecule has 0 spiro atoms. The van der Waals surface area contributed by atoms with E-state index in [0.29, 0.717) is 5.92 Å². The summed E-state index contributed by atoms with van der Waals surface area (Å²) in [5.74, 6) is 1.80. The van der Waals surface area contributed by atoms with E-state index in [2.05, 4.69) is 49.5 Å². The Bertz CT molecular complexity index is 872. The SMILES string of the molecule is CSc1cccc(NC(=O)C(C)N2CCCC(CN3CCN(c4ccccn4)CC3)C2)c1. The van der Waals surface area contributed by atoms with Gasteiger partial charge in [-0.2, -0.15) is 0 Å². The molecule has 4 rings (SSSR count). The van der Waals surface area contributed by atoms with Gasteiger partial charge in [0.1, 0.15) is 5.82 Å². The normalized spacial score (nSPS) is 21.3. The van der Waals surface area contributed by atoms with Gasteiger partial charge < -0.3 is 10.2 Å². The lowest BCUT2D eigenvalue weighted by atomic mass is 9.95. The van der Waals surface area contributed by atoms with E-state index >= 15 is 0 Å². The number of thioether (sulfide) groups is 1. The van der Waals surface area contributed by atoms with E-state index in [1.807, 2.05) is 37.4 Å². The Hall–Kier alpha value is -2.09. The monoisotopic (exact) mass is 453 g/mol. The highest BCUT2D eigenvalue weighted by atomic mass is 32.2. The van der Waals surface area contributed by atoms with E-state index in [4.69, 9.17) is 0 Å². The number of piperazine rings is 1. The summed E-state index contributed by atoms with van der Waals surface area (Å²) in [5, 5.41) is 3.11. The largest absolute Gasteiger partial charge is 0.354 e. The molecule has 2 aromatic rings. The van der Waals surface area contributed by atoms with E-state index in [9.17, 15) is 4.79 Å². The van der Waals surface area contributed by atoms with Crippen molar-refractivity contribution in [1.29, 1.82) is 0 Å². The average molecular weight is 454 g/mol. The first-order valence-electron chi connectivity index (χ1n) is 11.7. The zero-order chi connectivity index (χ0) is 22.3. The molecule has 2 saturated heterocycles. The Morgan fingerprint density at radius 2 is 2.00 bits per heavy atom. The maximum atomic E-state index is 12.9. The second-order valence-corrected chi connectivity index (χ2v) is 9.76. The number of nitrogens with zero attached hydrogens (tertiary/aromatic N) is 4. The van der Waals surface area contributed by atoms with Crippen LogP contribution in [0.5, 0.6) is 0 Å². The number of pyridine rings is 1. The maximum absolute atomic E-state index is 12.9. The summed E-state index contributed by atoms with van der Waals surface area (Å²) in [6, 6.07) is 14.1. The standard InChI is InChI=1S/C25H35N5OS/c1-20(25(31)27-22-8-5-9-23(17-22)32-2)30-12-6-7-21(19-30)18-28-13-15-29(16-14-28)24-10-3-4-11-26-24/h3-5,8-11,17,20-21H,6-7,12-16,18-19H2,1-2H3,(H,27,31). The van der Waals surface area contributed by atoms with Crippen LogP contribution in [-0.2, 0) is 4.79 Å². The first kappa shape index (κ1) is 23.1. The predicted molar refractivity (Wildman–Crippen MR) is 134 cm³/mol. The first-order chi connectivity index (χ1) is 15.6. The smallest absolute Gasteiger partial charge is 0.241 e. The van der Waals surface area contributed by atoms with Crippen LogP contribution in [-0.4, -0.2) is 78.8 Å². The second-order valence-electron chi connectivity index (χ2n) is 8.88. The molecule has 2 fully saturated rings. The van der Waals surface area contributed by atoms with E-state index in [-0.39, 0.29) is 11.9 Å². The number of anilines is 2. The van der Waals surface area contributed by atoms with Crippen molar-refractivity contribution >= 4 is 29.2 Å². The summed E-state index contributed by atoms with van der Waals surface area (Å²) >= 11 is 1.69. The van der Waals surface area contributed by atoms with E-state index < -0.39 is 0 Å². The van der Waals surface area contributed by atoms with Gasteiger partial charge in [0.15, 0.2) is 0 Å². The molecule has 3 heterocycles. The number of carbonyl (C=O) groups excluding carboxylic acids is 1. The molecule has 32 heavy (non-hydrogen) atoms. The molecule has 0 saturated carbocycles.